The molecule has 0 unspecified atom stereocenters. The Bertz CT molecular complexity index is 3750. The van der Waals surface area contributed by atoms with E-state index in [1.807, 2.05) is 6.07 Å². The minimum Gasteiger partial charge on any atom is -0.456 e. The van der Waals surface area contributed by atoms with Crippen LogP contribution >= 0.6 is 0 Å². The molecule has 0 atom stereocenters. The number of hydrogen-bond acceptors (Lipinski definition) is 1. The molecule has 0 fully saturated rings. The molecule has 9 aromatic carbocycles. The van der Waals surface area contributed by atoms with Crippen LogP contribution in [-0.2, 0) is 0 Å². The minimum absolute atomic E-state index is 0.891. The first-order chi connectivity index (χ1) is 31.1. The number of benzene rings is 9. The molecule has 0 aliphatic carbocycles. The molecule has 0 amide bonds. The SMILES string of the molecule is C/C=C\c1c(C)n(-c2cccc(-c3ccccc3)c2)c2cccc(-c3cc(-c4ccc5oc6ccccc6c5c4)cc(-c4cccc5c6ccccc6n(-c6ccccc6)c45)c3)c12. The lowest BCUT2D eigenvalue weighted by Gasteiger charge is -2.16. The standard InChI is InChI=1S/C60H42N2O/c1-3-17-48-39(2)61(47-23-14-20-41(37-47)40-18-6-4-7-19-40)56-30-16-26-49(59(48)56)44-34-43(42-32-33-58-54(38-42)52-25-11-13-31-57(52)63-58)35-45(36-44)50-27-15-28-53-51-24-10-12-29-55(51)62(60(50)53)46-21-8-5-9-22-46/h3-38H,1-2H3/b17-3-. The lowest BCUT2D eigenvalue weighted by Crippen LogP contribution is -1.97. The zero-order valence-electron chi connectivity index (χ0n) is 35.1. The zero-order valence-corrected chi connectivity index (χ0v) is 35.1. The Morgan fingerprint density at radius 3 is 1.84 bits per heavy atom. The van der Waals surface area contributed by atoms with E-state index >= 15 is 0 Å². The van der Waals surface area contributed by atoms with Crippen molar-refractivity contribution in [3.8, 4) is 55.9 Å². The predicted molar refractivity (Wildman–Crippen MR) is 266 cm³/mol. The molecule has 0 saturated carbocycles. The Morgan fingerprint density at radius 1 is 0.397 bits per heavy atom. The highest BCUT2D eigenvalue weighted by Crippen LogP contribution is 2.44. The molecular weight excluding hydrogens is 765 g/mol. The van der Waals surface area contributed by atoms with Gasteiger partial charge >= 0.3 is 0 Å². The van der Waals surface area contributed by atoms with Crippen molar-refractivity contribution in [2.24, 2.45) is 0 Å². The zero-order chi connectivity index (χ0) is 42.0. The lowest BCUT2D eigenvalue weighted by atomic mass is 9.90. The molecule has 298 valence electrons. The van der Waals surface area contributed by atoms with E-state index in [1.165, 1.54) is 66.2 Å². The number of furan rings is 1. The van der Waals surface area contributed by atoms with Crippen LogP contribution in [0.25, 0.3) is 117 Å². The number of nitrogens with zero attached hydrogens (tertiary/aromatic N) is 2. The van der Waals surface area contributed by atoms with Gasteiger partial charge in [0.1, 0.15) is 11.2 Å². The van der Waals surface area contributed by atoms with E-state index in [0.717, 1.165) is 55.6 Å². The van der Waals surface area contributed by atoms with Crippen LogP contribution in [0.15, 0.2) is 217 Å². The highest BCUT2D eigenvalue weighted by Gasteiger charge is 2.21. The number of fused-ring (bicyclic) bond motifs is 7. The highest BCUT2D eigenvalue weighted by molar-refractivity contribution is 6.14. The molecule has 0 aliphatic heterocycles. The molecule has 0 N–H and O–H groups in total. The Labute approximate surface area is 366 Å². The van der Waals surface area contributed by atoms with Crippen LogP contribution in [0.5, 0.6) is 0 Å². The third-order valence-electron chi connectivity index (χ3n) is 12.8. The molecular formula is C60H42N2O. The molecule has 3 heteroatoms. The van der Waals surface area contributed by atoms with E-state index in [0.29, 0.717) is 0 Å². The summed E-state index contributed by atoms with van der Waals surface area (Å²) in [5, 5.41) is 5.93. The largest absolute Gasteiger partial charge is 0.456 e. The van der Waals surface area contributed by atoms with Crippen LogP contribution < -0.4 is 0 Å². The molecule has 3 nitrogen and oxygen atoms in total. The van der Waals surface area contributed by atoms with Crippen molar-refractivity contribution in [1.82, 2.24) is 9.13 Å². The van der Waals surface area contributed by atoms with Gasteiger partial charge in [-0.15, -0.1) is 0 Å². The second-order valence-electron chi connectivity index (χ2n) is 16.4. The molecule has 3 aromatic heterocycles. The van der Waals surface area contributed by atoms with Gasteiger partial charge in [-0.2, -0.15) is 0 Å². The number of aromatic nitrogens is 2. The van der Waals surface area contributed by atoms with E-state index in [2.05, 4.69) is 235 Å². The van der Waals surface area contributed by atoms with E-state index in [1.54, 1.807) is 0 Å². The average Bonchev–Trinajstić information content (AvgIpc) is 3.99. The number of hydrogen-bond donors (Lipinski definition) is 0. The van der Waals surface area contributed by atoms with Crippen molar-refractivity contribution >= 4 is 60.7 Å². The molecule has 3 heterocycles. The van der Waals surface area contributed by atoms with Crippen LogP contribution in [0, 0.1) is 6.92 Å². The maximum Gasteiger partial charge on any atom is 0.135 e. The summed E-state index contributed by atoms with van der Waals surface area (Å²) in [6, 6.07) is 74.8. The van der Waals surface area contributed by atoms with Crippen molar-refractivity contribution < 1.29 is 4.42 Å². The maximum absolute atomic E-state index is 6.32. The molecule has 12 aromatic rings. The summed E-state index contributed by atoms with van der Waals surface area (Å²) in [5.74, 6) is 0. The van der Waals surface area contributed by atoms with E-state index in [-0.39, 0.29) is 0 Å². The first-order valence-electron chi connectivity index (χ1n) is 21.7. The quantitative estimate of drug-likeness (QED) is 0.157. The van der Waals surface area contributed by atoms with E-state index in [9.17, 15) is 0 Å². The Hall–Kier alpha value is -8.14. The molecule has 0 bridgehead atoms. The maximum atomic E-state index is 6.32. The van der Waals surface area contributed by atoms with Crippen molar-refractivity contribution in [2.75, 3.05) is 0 Å². The number of allylic oxidation sites excluding steroid dienone is 1. The lowest BCUT2D eigenvalue weighted by molar-refractivity contribution is 0.669. The van der Waals surface area contributed by atoms with Gasteiger partial charge in [-0.25, -0.2) is 0 Å². The van der Waals surface area contributed by atoms with Crippen LogP contribution in [-0.4, -0.2) is 9.13 Å². The Kier molecular flexibility index (Phi) is 8.62. The van der Waals surface area contributed by atoms with Crippen LogP contribution in [0.2, 0.25) is 0 Å². The van der Waals surface area contributed by atoms with Crippen LogP contribution in [0.4, 0.5) is 0 Å². The minimum atomic E-state index is 0.891. The van der Waals surface area contributed by atoms with Crippen molar-refractivity contribution in [3.63, 3.8) is 0 Å². The van der Waals surface area contributed by atoms with Crippen LogP contribution in [0.1, 0.15) is 18.2 Å². The normalized spacial score (nSPS) is 11.9. The van der Waals surface area contributed by atoms with E-state index < -0.39 is 0 Å². The van der Waals surface area contributed by atoms with Gasteiger partial charge in [0.15, 0.2) is 0 Å². The summed E-state index contributed by atoms with van der Waals surface area (Å²) in [6.07, 6.45) is 4.44. The Balaban J connectivity index is 1.14. The summed E-state index contributed by atoms with van der Waals surface area (Å²) < 4.78 is 11.2. The molecule has 12 rings (SSSR count). The third kappa shape index (κ3) is 5.96. The molecule has 0 radical (unpaired) electrons. The van der Waals surface area contributed by atoms with Gasteiger partial charge < -0.3 is 13.6 Å². The summed E-state index contributed by atoms with van der Waals surface area (Å²) >= 11 is 0. The first-order valence-corrected chi connectivity index (χ1v) is 21.7. The summed E-state index contributed by atoms with van der Waals surface area (Å²) in [4.78, 5) is 0. The average molecular weight is 807 g/mol. The summed E-state index contributed by atoms with van der Waals surface area (Å²) in [5.41, 5.74) is 19.4. The van der Waals surface area contributed by atoms with E-state index in [4.69, 9.17) is 4.42 Å². The molecule has 0 saturated heterocycles. The van der Waals surface area contributed by atoms with Gasteiger partial charge in [0.2, 0.25) is 0 Å². The van der Waals surface area contributed by atoms with Gasteiger partial charge in [0.25, 0.3) is 0 Å². The van der Waals surface area contributed by atoms with Crippen LogP contribution in [0.3, 0.4) is 0 Å². The third-order valence-corrected chi connectivity index (χ3v) is 12.8. The van der Waals surface area contributed by atoms with Gasteiger partial charge in [-0.3, -0.25) is 0 Å². The molecule has 0 spiro atoms. The smallest absolute Gasteiger partial charge is 0.135 e. The van der Waals surface area contributed by atoms with Gasteiger partial charge in [0.05, 0.1) is 16.6 Å². The van der Waals surface area contributed by atoms with Crippen molar-refractivity contribution in [1.29, 1.82) is 0 Å². The molecule has 0 aliphatic rings. The fourth-order valence-corrected chi connectivity index (χ4v) is 10.00. The Morgan fingerprint density at radius 2 is 1.00 bits per heavy atom. The second-order valence-corrected chi connectivity index (χ2v) is 16.4. The van der Waals surface area contributed by atoms with Gasteiger partial charge in [0, 0.05) is 55.1 Å². The highest BCUT2D eigenvalue weighted by atomic mass is 16.3. The number of rotatable bonds is 7. The van der Waals surface area contributed by atoms with Crippen molar-refractivity contribution in [2.45, 2.75) is 13.8 Å². The predicted octanol–water partition coefficient (Wildman–Crippen LogP) is 16.6. The monoisotopic (exact) mass is 806 g/mol. The first kappa shape index (κ1) is 36.7. The number of para-hydroxylation sites is 4. The molecule has 63 heavy (non-hydrogen) atoms. The topological polar surface area (TPSA) is 23.0 Å². The van der Waals surface area contributed by atoms with Gasteiger partial charge in [-0.1, -0.05) is 146 Å². The summed E-state index contributed by atoms with van der Waals surface area (Å²) in [7, 11) is 0. The van der Waals surface area contributed by atoms with Gasteiger partial charge in [-0.05, 0) is 126 Å². The summed E-state index contributed by atoms with van der Waals surface area (Å²) in [6.45, 7) is 4.37. The van der Waals surface area contributed by atoms with Crippen molar-refractivity contribution in [3.05, 3.63) is 224 Å². The second kappa shape index (κ2) is 14.8. The fraction of sp³-hybridized carbons (Fsp3) is 0.0333. The fourth-order valence-electron chi connectivity index (χ4n) is 10.00.